The maximum absolute atomic E-state index is 12.2. The first-order chi connectivity index (χ1) is 9.60. The van der Waals surface area contributed by atoms with Gasteiger partial charge >= 0.3 is 6.61 Å². The minimum absolute atomic E-state index is 0.105. The van der Waals surface area contributed by atoms with E-state index in [0.717, 1.165) is 18.5 Å². The summed E-state index contributed by atoms with van der Waals surface area (Å²) in [7, 11) is 0. The van der Waals surface area contributed by atoms with Gasteiger partial charge in [0.05, 0.1) is 12.2 Å². The molecule has 0 aliphatic heterocycles. The number of rotatable bonds is 6. The van der Waals surface area contributed by atoms with Crippen molar-refractivity contribution in [2.24, 2.45) is 5.73 Å². The van der Waals surface area contributed by atoms with Crippen molar-refractivity contribution in [3.05, 3.63) is 47.8 Å². The van der Waals surface area contributed by atoms with Gasteiger partial charge in [-0.2, -0.15) is 13.9 Å². The molecular weight excluding hydrogens is 264 g/mol. The minimum atomic E-state index is -2.84. The number of aromatic nitrogens is 2. The zero-order valence-corrected chi connectivity index (χ0v) is 11.2. The van der Waals surface area contributed by atoms with Gasteiger partial charge in [-0.3, -0.25) is 4.68 Å². The molecule has 108 valence electrons. The summed E-state index contributed by atoms with van der Waals surface area (Å²) in [4.78, 5) is 0. The van der Waals surface area contributed by atoms with Gasteiger partial charge in [-0.1, -0.05) is 19.1 Å². The Labute approximate surface area is 116 Å². The highest BCUT2D eigenvalue weighted by Gasteiger charge is 2.13. The van der Waals surface area contributed by atoms with Crippen LogP contribution in [0.25, 0.3) is 0 Å². The van der Waals surface area contributed by atoms with Crippen LogP contribution in [0.15, 0.2) is 36.7 Å². The summed E-state index contributed by atoms with van der Waals surface area (Å²) in [6, 6.07) is 6.00. The molecule has 0 bridgehead atoms. The number of hydrogen-bond acceptors (Lipinski definition) is 3. The number of aryl methyl sites for hydroxylation is 1. The van der Waals surface area contributed by atoms with E-state index in [1.165, 1.54) is 12.1 Å². The zero-order chi connectivity index (χ0) is 14.5. The highest BCUT2D eigenvalue weighted by atomic mass is 19.3. The molecule has 1 atom stereocenters. The van der Waals surface area contributed by atoms with Gasteiger partial charge in [-0.15, -0.1) is 0 Å². The van der Waals surface area contributed by atoms with Crippen LogP contribution in [0.2, 0.25) is 0 Å². The Balaban J connectivity index is 2.16. The van der Waals surface area contributed by atoms with Crippen molar-refractivity contribution < 1.29 is 13.5 Å². The molecule has 1 aromatic heterocycles. The molecule has 0 amide bonds. The summed E-state index contributed by atoms with van der Waals surface area (Å²) in [6.07, 6.45) is 4.55. The molecule has 2 N–H and O–H groups in total. The zero-order valence-electron chi connectivity index (χ0n) is 11.2. The summed E-state index contributed by atoms with van der Waals surface area (Å²) in [5, 5.41) is 4.21. The van der Waals surface area contributed by atoms with E-state index >= 15 is 0 Å². The van der Waals surface area contributed by atoms with Gasteiger partial charge in [-0.05, 0) is 24.1 Å². The van der Waals surface area contributed by atoms with Crippen LogP contribution in [-0.2, 0) is 6.54 Å². The number of halogens is 2. The second-order valence-electron chi connectivity index (χ2n) is 4.47. The van der Waals surface area contributed by atoms with Crippen molar-refractivity contribution in [1.82, 2.24) is 9.78 Å². The topological polar surface area (TPSA) is 53.1 Å². The molecule has 0 radical (unpaired) electrons. The van der Waals surface area contributed by atoms with Gasteiger partial charge in [-0.25, -0.2) is 0 Å². The molecule has 1 heterocycles. The van der Waals surface area contributed by atoms with E-state index in [9.17, 15) is 8.78 Å². The molecule has 2 rings (SSSR count). The Hall–Kier alpha value is -1.95. The highest BCUT2D eigenvalue weighted by molar-refractivity contribution is 5.35. The van der Waals surface area contributed by atoms with Crippen molar-refractivity contribution in [3.8, 4) is 5.75 Å². The SMILES string of the molecule is CCCn1cc(C(N)c2cccc(OC(F)F)c2)cn1. The average molecular weight is 281 g/mol. The molecule has 2 aromatic rings. The monoisotopic (exact) mass is 281 g/mol. The smallest absolute Gasteiger partial charge is 0.387 e. The largest absolute Gasteiger partial charge is 0.435 e. The Morgan fingerprint density at radius 2 is 2.15 bits per heavy atom. The molecule has 0 saturated carbocycles. The predicted molar refractivity (Wildman–Crippen MR) is 71.6 cm³/mol. The lowest BCUT2D eigenvalue weighted by molar-refractivity contribution is -0.0498. The quantitative estimate of drug-likeness (QED) is 0.885. The molecular formula is C14H17F2N3O. The van der Waals surface area contributed by atoms with Gasteiger partial charge in [0, 0.05) is 18.3 Å². The summed E-state index contributed by atoms with van der Waals surface area (Å²) >= 11 is 0. The molecule has 0 spiro atoms. The lowest BCUT2D eigenvalue weighted by atomic mass is 10.0. The molecule has 0 fully saturated rings. The van der Waals surface area contributed by atoms with Gasteiger partial charge < -0.3 is 10.5 Å². The lowest BCUT2D eigenvalue weighted by Gasteiger charge is -2.12. The number of nitrogens with zero attached hydrogens (tertiary/aromatic N) is 2. The molecule has 1 unspecified atom stereocenters. The number of alkyl halides is 2. The fourth-order valence-electron chi connectivity index (χ4n) is 1.97. The highest BCUT2D eigenvalue weighted by Crippen LogP contribution is 2.23. The van der Waals surface area contributed by atoms with E-state index in [2.05, 4.69) is 16.8 Å². The summed E-state index contributed by atoms with van der Waals surface area (Å²) in [6.45, 7) is 0.0435. The second kappa shape index (κ2) is 6.47. The van der Waals surface area contributed by atoms with E-state index < -0.39 is 12.7 Å². The third-order valence-electron chi connectivity index (χ3n) is 2.91. The van der Waals surface area contributed by atoms with Gasteiger partial charge in [0.2, 0.25) is 0 Å². The van der Waals surface area contributed by atoms with Crippen molar-refractivity contribution in [3.63, 3.8) is 0 Å². The first-order valence-electron chi connectivity index (χ1n) is 6.43. The number of ether oxygens (including phenoxy) is 1. The molecule has 4 nitrogen and oxygen atoms in total. The van der Waals surface area contributed by atoms with Gasteiger partial charge in [0.1, 0.15) is 5.75 Å². The maximum atomic E-state index is 12.2. The molecule has 6 heteroatoms. The van der Waals surface area contributed by atoms with Crippen LogP contribution in [-0.4, -0.2) is 16.4 Å². The maximum Gasteiger partial charge on any atom is 0.387 e. The van der Waals surface area contributed by atoms with Gasteiger partial charge in [0.15, 0.2) is 0 Å². The number of nitrogens with two attached hydrogens (primary N) is 1. The summed E-state index contributed by atoms with van der Waals surface area (Å²) in [5.74, 6) is 0.105. The van der Waals surface area contributed by atoms with Crippen molar-refractivity contribution >= 4 is 0 Å². The van der Waals surface area contributed by atoms with Crippen LogP contribution in [0.5, 0.6) is 5.75 Å². The third kappa shape index (κ3) is 3.54. The summed E-state index contributed by atoms with van der Waals surface area (Å²) < 4.78 is 30.6. The molecule has 0 aliphatic carbocycles. The van der Waals surface area contributed by atoms with Crippen LogP contribution in [0.1, 0.15) is 30.5 Å². The molecule has 1 aromatic carbocycles. The van der Waals surface area contributed by atoms with E-state index in [1.807, 2.05) is 10.9 Å². The molecule has 20 heavy (non-hydrogen) atoms. The Morgan fingerprint density at radius 3 is 2.85 bits per heavy atom. The second-order valence-corrected chi connectivity index (χ2v) is 4.47. The normalized spacial score (nSPS) is 12.7. The number of benzene rings is 1. The van der Waals surface area contributed by atoms with Crippen molar-refractivity contribution in [2.75, 3.05) is 0 Å². The van der Waals surface area contributed by atoms with Crippen molar-refractivity contribution in [2.45, 2.75) is 32.5 Å². The Bertz CT molecular complexity index is 557. The Morgan fingerprint density at radius 1 is 1.35 bits per heavy atom. The van der Waals surface area contributed by atoms with E-state index in [0.29, 0.717) is 5.56 Å². The molecule has 0 saturated heterocycles. The minimum Gasteiger partial charge on any atom is -0.435 e. The first kappa shape index (κ1) is 14.5. The lowest BCUT2D eigenvalue weighted by Crippen LogP contribution is -2.11. The predicted octanol–water partition coefficient (Wildman–Crippen LogP) is 2.94. The van der Waals surface area contributed by atoms with Gasteiger partial charge in [0.25, 0.3) is 0 Å². The van der Waals surface area contributed by atoms with Crippen LogP contribution < -0.4 is 10.5 Å². The van der Waals surface area contributed by atoms with E-state index in [4.69, 9.17) is 5.73 Å². The molecule has 0 aliphatic rings. The average Bonchev–Trinajstić information content (AvgIpc) is 2.86. The third-order valence-corrected chi connectivity index (χ3v) is 2.91. The standard InChI is InChI=1S/C14H17F2N3O/c1-2-6-19-9-11(8-18-19)13(17)10-4-3-5-12(7-10)20-14(15)16/h3-5,7-9,13-14H,2,6,17H2,1H3. The first-order valence-corrected chi connectivity index (χ1v) is 6.43. The van der Waals surface area contributed by atoms with E-state index in [1.54, 1.807) is 18.3 Å². The summed E-state index contributed by atoms with van der Waals surface area (Å²) in [5.41, 5.74) is 7.68. The van der Waals surface area contributed by atoms with Crippen LogP contribution >= 0.6 is 0 Å². The Kier molecular flexibility index (Phi) is 4.68. The van der Waals surface area contributed by atoms with Crippen LogP contribution in [0.4, 0.5) is 8.78 Å². The van der Waals surface area contributed by atoms with E-state index in [-0.39, 0.29) is 5.75 Å². The fourth-order valence-corrected chi connectivity index (χ4v) is 1.97. The van der Waals surface area contributed by atoms with Crippen molar-refractivity contribution in [1.29, 1.82) is 0 Å². The number of hydrogen-bond donors (Lipinski definition) is 1. The fraction of sp³-hybridized carbons (Fsp3) is 0.357. The van der Waals surface area contributed by atoms with Crippen LogP contribution in [0.3, 0.4) is 0 Å². The van der Waals surface area contributed by atoms with Crippen LogP contribution in [0, 0.1) is 0 Å².